The molecule has 23 heavy (non-hydrogen) atoms. The van der Waals surface area contributed by atoms with Gasteiger partial charge in [0.25, 0.3) is 0 Å². The number of nitrogens with one attached hydrogen (secondary N) is 1. The molecule has 0 saturated heterocycles. The zero-order chi connectivity index (χ0) is 17.1. The molecule has 0 spiro atoms. The van der Waals surface area contributed by atoms with Crippen molar-refractivity contribution in [2.24, 2.45) is 5.14 Å². The lowest BCUT2D eigenvalue weighted by molar-refractivity contribution is 0.0543. The number of hydrogen-bond donors (Lipinski definition) is 3. The van der Waals surface area contributed by atoms with Crippen molar-refractivity contribution < 1.29 is 13.5 Å². The average molecular weight is 334 g/mol. The lowest BCUT2D eigenvalue weighted by atomic mass is 9.95. The summed E-state index contributed by atoms with van der Waals surface area (Å²) in [5, 5.41) is 18.9. The minimum atomic E-state index is -3.68. The fraction of sp³-hybridized carbons (Fsp3) is 0.294. The van der Waals surface area contributed by atoms with Crippen molar-refractivity contribution in [3.8, 4) is 0 Å². The summed E-state index contributed by atoms with van der Waals surface area (Å²) < 4.78 is 22.5. The molecular weight excluding hydrogens is 312 g/mol. The Balaban J connectivity index is 2.03. The van der Waals surface area contributed by atoms with Crippen LogP contribution in [0.4, 0.5) is 0 Å². The monoisotopic (exact) mass is 334 g/mol. The maximum atomic E-state index is 11.3. The number of rotatable bonds is 6. The number of sulfonamides is 1. The third-order valence-corrected chi connectivity index (χ3v) is 4.79. The second-order valence-electron chi connectivity index (χ2n) is 5.86. The zero-order valence-corrected chi connectivity index (χ0v) is 14.0. The van der Waals surface area contributed by atoms with Crippen LogP contribution in [-0.2, 0) is 15.6 Å². The fourth-order valence-corrected chi connectivity index (χ4v) is 2.83. The minimum absolute atomic E-state index is 0.0419. The largest absolute Gasteiger partial charge is 0.384 e. The molecule has 5 nitrogen and oxygen atoms in total. The fourth-order valence-electron chi connectivity index (χ4n) is 2.32. The normalized spacial score (nSPS) is 15.8. The highest BCUT2D eigenvalue weighted by Crippen LogP contribution is 2.21. The number of nitrogens with two attached hydrogens (primary N) is 1. The van der Waals surface area contributed by atoms with Crippen LogP contribution in [0.15, 0.2) is 59.5 Å². The molecule has 0 bridgehead atoms. The highest BCUT2D eigenvalue weighted by molar-refractivity contribution is 7.89. The maximum absolute atomic E-state index is 11.3. The van der Waals surface area contributed by atoms with Crippen molar-refractivity contribution in [1.82, 2.24) is 5.32 Å². The molecule has 0 amide bonds. The molecule has 124 valence electrons. The second kappa shape index (κ2) is 6.80. The van der Waals surface area contributed by atoms with Gasteiger partial charge in [0.15, 0.2) is 0 Å². The zero-order valence-electron chi connectivity index (χ0n) is 13.2. The molecule has 0 radical (unpaired) electrons. The Morgan fingerprint density at radius 3 is 2.22 bits per heavy atom. The first-order valence-corrected chi connectivity index (χ1v) is 8.89. The predicted octanol–water partition coefficient (Wildman–Crippen LogP) is 1.89. The van der Waals surface area contributed by atoms with E-state index in [0.29, 0.717) is 6.54 Å². The van der Waals surface area contributed by atoms with Crippen LogP contribution in [-0.4, -0.2) is 20.1 Å². The molecule has 0 heterocycles. The van der Waals surface area contributed by atoms with Gasteiger partial charge in [-0.25, -0.2) is 13.6 Å². The van der Waals surface area contributed by atoms with Crippen LogP contribution in [0.25, 0.3) is 0 Å². The van der Waals surface area contributed by atoms with Gasteiger partial charge in [-0.2, -0.15) is 0 Å². The van der Waals surface area contributed by atoms with Gasteiger partial charge in [0, 0.05) is 12.6 Å². The lowest BCUT2D eigenvalue weighted by Crippen LogP contribution is -2.36. The van der Waals surface area contributed by atoms with Gasteiger partial charge in [-0.1, -0.05) is 42.5 Å². The first-order chi connectivity index (χ1) is 10.7. The van der Waals surface area contributed by atoms with E-state index in [1.807, 2.05) is 37.3 Å². The topological polar surface area (TPSA) is 92.4 Å². The third-order valence-electron chi connectivity index (χ3n) is 3.86. The molecule has 2 aromatic carbocycles. The highest BCUT2D eigenvalue weighted by Gasteiger charge is 2.23. The molecule has 0 aliphatic carbocycles. The maximum Gasteiger partial charge on any atom is 0.238 e. The number of benzene rings is 2. The molecule has 0 aliphatic heterocycles. The van der Waals surface area contributed by atoms with Gasteiger partial charge < -0.3 is 10.4 Å². The summed E-state index contributed by atoms with van der Waals surface area (Å²) in [6.45, 7) is 4.08. The summed E-state index contributed by atoms with van der Waals surface area (Å²) in [6, 6.07) is 15.8. The molecule has 2 unspecified atom stereocenters. The highest BCUT2D eigenvalue weighted by atomic mass is 32.2. The number of aliphatic hydroxyl groups is 1. The van der Waals surface area contributed by atoms with E-state index in [0.717, 1.165) is 11.1 Å². The SMILES string of the molecule is CC(NCC(C)(O)c1ccccc1)c1ccc(S(N)(=O)=O)cc1. The molecule has 4 N–H and O–H groups in total. The van der Waals surface area contributed by atoms with Crippen LogP contribution in [0.5, 0.6) is 0 Å². The van der Waals surface area contributed by atoms with Crippen LogP contribution >= 0.6 is 0 Å². The molecule has 0 saturated carbocycles. The van der Waals surface area contributed by atoms with E-state index in [4.69, 9.17) is 5.14 Å². The van der Waals surface area contributed by atoms with E-state index < -0.39 is 15.6 Å². The van der Waals surface area contributed by atoms with Crippen LogP contribution in [0.1, 0.15) is 31.0 Å². The van der Waals surface area contributed by atoms with Crippen molar-refractivity contribution in [2.75, 3.05) is 6.54 Å². The Morgan fingerprint density at radius 2 is 1.70 bits per heavy atom. The van der Waals surface area contributed by atoms with Crippen LogP contribution < -0.4 is 10.5 Å². The Hall–Kier alpha value is -1.73. The van der Waals surface area contributed by atoms with E-state index in [1.54, 1.807) is 19.1 Å². The Bertz CT molecular complexity index is 741. The summed E-state index contributed by atoms with van der Waals surface area (Å²) in [4.78, 5) is 0.0877. The smallest absolute Gasteiger partial charge is 0.238 e. The van der Waals surface area contributed by atoms with Gasteiger partial charge >= 0.3 is 0 Å². The van der Waals surface area contributed by atoms with Crippen LogP contribution in [0.3, 0.4) is 0 Å². The van der Waals surface area contributed by atoms with Crippen molar-refractivity contribution in [3.63, 3.8) is 0 Å². The second-order valence-corrected chi connectivity index (χ2v) is 7.42. The van der Waals surface area contributed by atoms with Gasteiger partial charge in [-0.15, -0.1) is 0 Å². The molecule has 6 heteroatoms. The van der Waals surface area contributed by atoms with Crippen molar-refractivity contribution in [1.29, 1.82) is 0 Å². The Kier molecular flexibility index (Phi) is 5.21. The quantitative estimate of drug-likeness (QED) is 0.752. The molecule has 2 aromatic rings. The standard InChI is InChI=1S/C17H22N2O3S/c1-13(14-8-10-16(11-9-14)23(18,21)22)19-12-17(2,20)15-6-4-3-5-7-15/h3-11,13,19-20H,12H2,1-2H3,(H2,18,21,22). The third kappa shape index (κ3) is 4.62. The number of primary sulfonamides is 1. The van der Waals surface area contributed by atoms with Gasteiger partial charge in [-0.05, 0) is 37.1 Å². The summed E-state index contributed by atoms with van der Waals surface area (Å²) in [5.41, 5.74) is 0.765. The van der Waals surface area contributed by atoms with Gasteiger partial charge in [0.1, 0.15) is 0 Å². The average Bonchev–Trinajstić information content (AvgIpc) is 2.53. The van der Waals surface area contributed by atoms with E-state index in [9.17, 15) is 13.5 Å². The molecule has 0 aliphatic rings. The van der Waals surface area contributed by atoms with Crippen LogP contribution in [0, 0.1) is 0 Å². The predicted molar refractivity (Wildman–Crippen MR) is 90.2 cm³/mol. The van der Waals surface area contributed by atoms with Crippen LogP contribution in [0.2, 0.25) is 0 Å². The van der Waals surface area contributed by atoms with Gasteiger partial charge in [0.2, 0.25) is 10.0 Å². The first kappa shape index (κ1) is 17.6. The Morgan fingerprint density at radius 1 is 1.13 bits per heavy atom. The van der Waals surface area contributed by atoms with Gasteiger partial charge in [0.05, 0.1) is 10.5 Å². The molecule has 0 aromatic heterocycles. The van der Waals surface area contributed by atoms with Crippen molar-refractivity contribution in [3.05, 3.63) is 65.7 Å². The lowest BCUT2D eigenvalue weighted by Gasteiger charge is -2.26. The van der Waals surface area contributed by atoms with E-state index >= 15 is 0 Å². The summed E-state index contributed by atoms with van der Waals surface area (Å²) in [7, 11) is -3.68. The summed E-state index contributed by atoms with van der Waals surface area (Å²) >= 11 is 0. The van der Waals surface area contributed by atoms with Gasteiger partial charge in [-0.3, -0.25) is 0 Å². The van der Waals surface area contributed by atoms with E-state index in [1.165, 1.54) is 12.1 Å². The Labute approximate surface area is 137 Å². The van der Waals surface area contributed by atoms with Crippen molar-refractivity contribution >= 4 is 10.0 Å². The first-order valence-electron chi connectivity index (χ1n) is 7.34. The number of hydrogen-bond acceptors (Lipinski definition) is 4. The summed E-state index contributed by atoms with van der Waals surface area (Å²) in [5.74, 6) is 0. The minimum Gasteiger partial charge on any atom is -0.384 e. The molecule has 2 atom stereocenters. The molecular formula is C17H22N2O3S. The van der Waals surface area contributed by atoms with Crippen molar-refractivity contribution in [2.45, 2.75) is 30.4 Å². The molecule has 2 rings (SSSR count). The van der Waals surface area contributed by atoms with E-state index in [-0.39, 0.29) is 10.9 Å². The summed E-state index contributed by atoms with van der Waals surface area (Å²) in [6.07, 6.45) is 0. The van der Waals surface area contributed by atoms with E-state index in [2.05, 4.69) is 5.32 Å². The molecule has 0 fully saturated rings.